The SMILES string of the molecule is CC[C@@H](C)NC(=O)[C@H](C)N(Cc1ccccc1F)C(=O)CSc1ccc(C)cc1. The summed E-state index contributed by atoms with van der Waals surface area (Å²) in [5, 5.41) is 2.91. The number of rotatable bonds is 9. The van der Waals surface area contributed by atoms with Crippen molar-refractivity contribution in [1.29, 1.82) is 0 Å². The number of hydrogen-bond acceptors (Lipinski definition) is 3. The molecule has 29 heavy (non-hydrogen) atoms. The van der Waals surface area contributed by atoms with Crippen LogP contribution < -0.4 is 5.32 Å². The van der Waals surface area contributed by atoms with Gasteiger partial charge in [-0.3, -0.25) is 9.59 Å². The Kier molecular flexibility index (Phi) is 8.70. The van der Waals surface area contributed by atoms with Gasteiger partial charge in [-0.25, -0.2) is 4.39 Å². The van der Waals surface area contributed by atoms with E-state index in [1.54, 1.807) is 25.1 Å². The van der Waals surface area contributed by atoms with Crippen LogP contribution in [0.3, 0.4) is 0 Å². The summed E-state index contributed by atoms with van der Waals surface area (Å²) < 4.78 is 14.2. The molecule has 0 saturated carbocycles. The highest BCUT2D eigenvalue weighted by molar-refractivity contribution is 8.00. The van der Waals surface area contributed by atoms with Crippen molar-refractivity contribution in [1.82, 2.24) is 10.2 Å². The third kappa shape index (κ3) is 6.89. The third-order valence-electron chi connectivity index (χ3n) is 4.85. The molecule has 0 aliphatic rings. The van der Waals surface area contributed by atoms with E-state index < -0.39 is 6.04 Å². The molecule has 1 N–H and O–H groups in total. The molecule has 2 atom stereocenters. The molecular weight excluding hydrogens is 387 g/mol. The number of carbonyl (C=O) groups excluding carboxylic acids is 2. The molecule has 4 nitrogen and oxygen atoms in total. The highest BCUT2D eigenvalue weighted by Gasteiger charge is 2.27. The van der Waals surface area contributed by atoms with E-state index in [1.807, 2.05) is 45.0 Å². The summed E-state index contributed by atoms with van der Waals surface area (Å²) >= 11 is 1.41. The minimum absolute atomic E-state index is 0.0114. The van der Waals surface area contributed by atoms with Crippen LogP contribution in [0.5, 0.6) is 0 Å². The Morgan fingerprint density at radius 3 is 2.38 bits per heavy atom. The molecule has 2 amide bonds. The Labute approximate surface area is 176 Å². The predicted octanol–water partition coefficient (Wildman–Crippen LogP) is 4.56. The summed E-state index contributed by atoms with van der Waals surface area (Å²) in [6.07, 6.45) is 0.795. The number of nitrogens with one attached hydrogen (secondary N) is 1. The van der Waals surface area contributed by atoms with Crippen molar-refractivity contribution < 1.29 is 14.0 Å². The topological polar surface area (TPSA) is 49.4 Å². The van der Waals surface area contributed by atoms with Crippen molar-refractivity contribution in [2.45, 2.75) is 57.6 Å². The van der Waals surface area contributed by atoms with Crippen molar-refractivity contribution in [3.63, 3.8) is 0 Å². The Morgan fingerprint density at radius 2 is 1.76 bits per heavy atom. The first kappa shape index (κ1) is 22.9. The normalized spacial score (nSPS) is 12.9. The molecule has 0 unspecified atom stereocenters. The van der Waals surface area contributed by atoms with Gasteiger partial charge >= 0.3 is 0 Å². The van der Waals surface area contributed by atoms with Crippen LogP contribution in [0.2, 0.25) is 0 Å². The number of halogens is 1. The van der Waals surface area contributed by atoms with Crippen LogP contribution >= 0.6 is 11.8 Å². The lowest BCUT2D eigenvalue weighted by Crippen LogP contribution is -2.50. The van der Waals surface area contributed by atoms with Crippen molar-refractivity contribution in [3.05, 3.63) is 65.5 Å². The molecule has 2 rings (SSSR count). The second-order valence-electron chi connectivity index (χ2n) is 7.21. The highest BCUT2D eigenvalue weighted by atomic mass is 32.2. The quantitative estimate of drug-likeness (QED) is 0.610. The standard InChI is InChI=1S/C23H29FN2O2S/c1-5-17(3)25-23(28)18(4)26(14-19-8-6-7-9-21(19)24)22(27)15-29-20-12-10-16(2)11-13-20/h6-13,17-18H,5,14-15H2,1-4H3,(H,25,28)/t17-,18+/m1/s1. The number of benzene rings is 2. The smallest absolute Gasteiger partial charge is 0.242 e. The fourth-order valence-electron chi connectivity index (χ4n) is 2.72. The monoisotopic (exact) mass is 416 g/mol. The molecule has 0 aliphatic heterocycles. The van der Waals surface area contributed by atoms with Gasteiger partial charge in [0.2, 0.25) is 11.8 Å². The van der Waals surface area contributed by atoms with Crippen molar-refractivity contribution in [2.75, 3.05) is 5.75 Å². The molecule has 0 bridgehead atoms. The molecule has 2 aromatic rings. The zero-order chi connectivity index (χ0) is 21.4. The fraction of sp³-hybridized carbons (Fsp3) is 0.391. The van der Waals surface area contributed by atoms with E-state index in [4.69, 9.17) is 0 Å². The van der Waals surface area contributed by atoms with E-state index >= 15 is 0 Å². The van der Waals surface area contributed by atoms with Crippen LogP contribution in [0, 0.1) is 12.7 Å². The van der Waals surface area contributed by atoms with E-state index in [-0.39, 0.29) is 36.0 Å². The average Bonchev–Trinajstić information content (AvgIpc) is 2.71. The second kappa shape index (κ2) is 11.0. The van der Waals surface area contributed by atoms with Gasteiger partial charge in [-0.15, -0.1) is 11.8 Å². The minimum Gasteiger partial charge on any atom is -0.352 e. The zero-order valence-corrected chi connectivity index (χ0v) is 18.3. The maximum Gasteiger partial charge on any atom is 0.242 e. The molecule has 0 aliphatic carbocycles. The van der Waals surface area contributed by atoms with Gasteiger partial charge in [0.1, 0.15) is 11.9 Å². The number of hydrogen-bond donors (Lipinski definition) is 1. The van der Waals surface area contributed by atoms with Gasteiger partial charge < -0.3 is 10.2 Å². The molecule has 0 fully saturated rings. The van der Waals surface area contributed by atoms with Crippen LogP contribution in [0.25, 0.3) is 0 Å². The Balaban J connectivity index is 2.15. The molecule has 6 heteroatoms. The summed E-state index contributed by atoms with van der Waals surface area (Å²) in [5.74, 6) is -0.639. The van der Waals surface area contributed by atoms with Gasteiger partial charge in [0.25, 0.3) is 0 Å². The first-order valence-corrected chi connectivity index (χ1v) is 10.8. The van der Waals surface area contributed by atoms with Crippen molar-refractivity contribution >= 4 is 23.6 Å². The van der Waals surface area contributed by atoms with Crippen molar-refractivity contribution in [2.24, 2.45) is 0 Å². The lowest BCUT2D eigenvalue weighted by Gasteiger charge is -2.29. The molecule has 2 aromatic carbocycles. The van der Waals surface area contributed by atoms with E-state index in [2.05, 4.69) is 5.32 Å². The summed E-state index contributed by atoms with van der Waals surface area (Å²) in [6.45, 7) is 7.65. The Hall–Kier alpha value is -2.34. The summed E-state index contributed by atoms with van der Waals surface area (Å²) in [7, 11) is 0. The third-order valence-corrected chi connectivity index (χ3v) is 5.85. The van der Waals surface area contributed by atoms with Gasteiger partial charge in [-0.05, 0) is 45.4 Å². The summed E-state index contributed by atoms with van der Waals surface area (Å²) in [5.41, 5.74) is 1.54. The van der Waals surface area contributed by atoms with Crippen LogP contribution in [0.1, 0.15) is 38.3 Å². The van der Waals surface area contributed by atoms with E-state index in [9.17, 15) is 14.0 Å². The minimum atomic E-state index is -0.699. The molecule has 0 aromatic heterocycles. The average molecular weight is 417 g/mol. The van der Waals surface area contributed by atoms with Gasteiger partial charge in [0, 0.05) is 23.0 Å². The zero-order valence-electron chi connectivity index (χ0n) is 17.4. The van der Waals surface area contributed by atoms with Gasteiger partial charge in [0.05, 0.1) is 5.75 Å². The highest BCUT2D eigenvalue weighted by Crippen LogP contribution is 2.21. The largest absolute Gasteiger partial charge is 0.352 e. The maximum absolute atomic E-state index is 14.2. The van der Waals surface area contributed by atoms with Gasteiger partial charge in [-0.1, -0.05) is 42.8 Å². The van der Waals surface area contributed by atoms with Gasteiger partial charge in [-0.2, -0.15) is 0 Å². The second-order valence-corrected chi connectivity index (χ2v) is 8.26. The maximum atomic E-state index is 14.2. The predicted molar refractivity (Wildman–Crippen MR) is 116 cm³/mol. The molecule has 0 heterocycles. The van der Waals surface area contributed by atoms with Crippen LogP contribution in [0.15, 0.2) is 53.4 Å². The summed E-state index contributed by atoms with van der Waals surface area (Å²) in [6, 6.07) is 13.6. The van der Waals surface area contributed by atoms with Crippen LogP contribution in [-0.2, 0) is 16.1 Å². The lowest BCUT2D eigenvalue weighted by atomic mass is 10.1. The Bertz CT molecular complexity index is 826. The number of amides is 2. The van der Waals surface area contributed by atoms with Crippen LogP contribution in [0.4, 0.5) is 4.39 Å². The van der Waals surface area contributed by atoms with E-state index in [0.717, 1.165) is 16.9 Å². The van der Waals surface area contributed by atoms with Crippen molar-refractivity contribution in [3.8, 4) is 0 Å². The Morgan fingerprint density at radius 1 is 1.10 bits per heavy atom. The lowest BCUT2D eigenvalue weighted by molar-refractivity contribution is -0.139. The number of thioether (sulfide) groups is 1. The number of nitrogens with zero attached hydrogens (tertiary/aromatic N) is 1. The first-order valence-electron chi connectivity index (χ1n) is 9.84. The molecular formula is C23H29FN2O2S. The number of aryl methyl sites for hydroxylation is 1. The molecule has 0 saturated heterocycles. The number of carbonyl (C=O) groups is 2. The van der Waals surface area contributed by atoms with Gasteiger partial charge in [0.15, 0.2) is 0 Å². The molecule has 0 radical (unpaired) electrons. The van der Waals surface area contributed by atoms with E-state index in [0.29, 0.717) is 5.56 Å². The molecule has 0 spiro atoms. The molecule has 156 valence electrons. The fourth-order valence-corrected chi connectivity index (χ4v) is 3.51. The van der Waals surface area contributed by atoms with E-state index in [1.165, 1.54) is 22.7 Å². The van der Waals surface area contributed by atoms with Crippen LogP contribution in [-0.4, -0.2) is 34.6 Å². The summed E-state index contributed by atoms with van der Waals surface area (Å²) in [4.78, 5) is 28.1. The first-order chi connectivity index (χ1) is 13.8.